The molecule has 0 aliphatic heterocycles. The molecule has 1 aromatic carbocycles. The van der Waals surface area contributed by atoms with Crippen LogP contribution in [0.1, 0.15) is 19.3 Å². The number of sulfonamides is 1. The van der Waals surface area contributed by atoms with E-state index in [0.717, 1.165) is 17.1 Å². The first kappa shape index (κ1) is 17.5. The molecule has 0 saturated carbocycles. The van der Waals surface area contributed by atoms with Crippen molar-refractivity contribution in [3.63, 3.8) is 0 Å². The molecule has 0 unspecified atom stereocenters. The predicted octanol–water partition coefficient (Wildman–Crippen LogP) is 2.24. The summed E-state index contributed by atoms with van der Waals surface area (Å²) in [5.74, 6) is 0.383. The first-order valence-corrected chi connectivity index (χ1v) is 8.85. The first-order valence-electron chi connectivity index (χ1n) is 7.41. The fraction of sp³-hybridized carbons (Fsp3) is 0.438. The fourth-order valence-electron chi connectivity index (χ4n) is 2.47. The van der Waals surface area contributed by atoms with Gasteiger partial charge in [-0.05, 0) is 37.0 Å². The van der Waals surface area contributed by atoms with E-state index < -0.39 is 10.0 Å². The van der Waals surface area contributed by atoms with E-state index in [2.05, 4.69) is 17.5 Å². The van der Waals surface area contributed by atoms with Gasteiger partial charge >= 0.3 is 0 Å². The summed E-state index contributed by atoms with van der Waals surface area (Å²) in [5, 5.41) is 2.76. The van der Waals surface area contributed by atoms with E-state index in [0.29, 0.717) is 12.1 Å². The Morgan fingerprint density at radius 2 is 2.13 bits per heavy atom. The quantitative estimate of drug-likeness (QED) is 0.807. The molecule has 0 heterocycles. The van der Waals surface area contributed by atoms with Gasteiger partial charge in [-0.3, -0.25) is 4.79 Å². The number of hydrogen-bond donors (Lipinski definition) is 1. The third kappa shape index (κ3) is 4.11. The van der Waals surface area contributed by atoms with Gasteiger partial charge in [0.05, 0.1) is 7.11 Å². The molecule has 1 aromatic rings. The highest BCUT2D eigenvalue weighted by molar-refractivity contribution is 7.89. The predicted molar refractivity (Wildman–Crippen MR) is 89.0 cm³/mol. The van der Waals surface area contributed by atoms with Gasteiger partial charge in [0.25, 0.3) is 0 Å². The van der Waals surface area contributed by atoms with Crippen LogP contribution in [0.25, 0.3) is 0 Å². The molecule has 0 aromatic heterocycles. The summed E-state index contributed by atoms with van der Waals surface area (Å²) in [6, 6.07) is 4.61. The number of carbonyl (C=O) groups is 1. The van der Waals surface area contributed by atoms with Crippen molar-refractivity contribution in [1.82, 2.24) is 4.31 Å². The standard InChI is InChI=1S/C16H22N2O4S/c1-18(2)23(20,21)15-11-13(8-9-14(15)22-3)17-16(19)10-12-6-4-5-7-12/h4,6,8-9,11-12H,5,7,10H2,1-3H3,(H,17,19)/t12-/m1/s1. The minimum Gasteiger partial charge on any atom is -0.495 e. The fourth-order valence-corrected chi connectivity index (χ4v) is 3.54. The molecule has 0 spiro atoms. The topological polar surface area (TPSA) is 75.7 Å². The smallest absolute Gasteiger partial charge is 0.246 e. The van der Waals surface area contributed by atoms with Gasteiger partial charge in [-0.25, -0.2) is 12.7 Å². The van der Waals surface area contributed by atoms with E-state index >= 15 is 0 Å². The Morgan fingerprint density at radius 3 is 2.70 bits per heavy atom. The Morgan fingerprint density at radius 1 is 1.39 bits per heavy atom. The van der Waals surface area contributed by atoms with Gasteiger partial charge in [-0.2, -0.15) is 0 Å². The van der Waals surface area contributed by atoms with Gasteiger partial charge in [0, 0.05) is 26.2 Å². The second-order valence-corrected chi connectivity index (χ2v) is 7.79. The van der Waals surface area contributed by atoms with E-state index in [1.165, 1.54) is 27.3 Å². The van der Waals surface area contributed by atoms with Crippen molar-refractivity contribution in [2.45, 2.75) is 24.2 Å². The maximum absolute atomic E-state index is 12.4. The lowest BCUT2D eigenvalue weighted by atomic mass is 10.1. The van der Waals surface area contributed by atoms with E-state index in [1.54, 1.807) is 12.1 Å². The number of hydrogen-bond acceptors (Lipinski definition) is 4. The Labute approximate surface area is 137 Å². The van der Waals surface area contributed by atoms with Crippen molar-refractivity contribution in [3.05, 3.63) is 30.4 Å². The highest BCUT2D eigenvalue weighted by Crippen LogP contribution is 2.29. The zero-order valence-electron chi connectivity index (χ0n) is 13.6. The van der Waals surface area contributed by atoms with Gasteiger partial charge in [-0.15, -0.1) is 0 Å². The number of methoxy groups -OCH3 is 1. The van der Waals surface area contributed by atoms with E-state index in [9.17, 15) is 13.2 Å². The normalized spacial score (nSPS) is 17.5. The summed E-state index contributed by atoms with van der Waals surface area (Å²) in [7, 11) is 0.659. The molecule has 0 saturated heterocycles. The van der Waals surface area contributed by atoms with Crippen LogP contribution < -0.4 is 10.1 Å². The molecule has 6 nitrogen and oxygen atoms in total. The van der Waals surface area contributed by atoms with Crippen molar-refractivity contribution < 1.29 is 17.9 Å². The Kier molecular flexibility index (Phi) is 5.43. The molecule has 0 fully saturated rings. The average molecular weight is 338 g/mol. The SMILES string of the molecule is COc1ccc(NC(=O)C[C@@H]2C=CCC2)cc1S(=O)(=O)N(C)C. The van der Waals surface area contributed by atoms with Gasteiger partial charge in [0.15, 0.2) is 0 Å². The molecule has 1 amide bonds. The zero-order chi connectivity index (χ0) is 17.0. The number of nitrogens with one attached hydrogen (secondary N) is 1. The number of benzene rings is 1. The van der Waals surface area contributed by atoms with Crippen molar-refractivity contribution in [2.24, 2.45) is 5.92 Å². The van der Waals surface area contributed by atoms with Crippen LogP contribution in [-0.2, 0) is 14.8 Å². The second kappa shape index (κ2) is 7.14. The average Bonchev–Trinajstić information content (AvgIpc) is 2.99. The molecular weight excluding hydrogens is 316 g/mol. The van der Waals surface area contributed by atoms with Crippen molar-refractivity contribution >= 4 is 21.6 Å². The number of allylic oxidation sites excluding steroid dienone is 2. The number of ether oxygens (including phenoxy) is 1. The van der Waals surface area contributed by atoms with E-state index in [-0.39, 0.29) is 22.5 Å². The molecule has 1 N–H and O–H groups in total. The summed E-state index contributed by atoms with van der Waals surface area (Å²) < 4.78 is 30.9. The van der Waals surface area contributed by atoms with Crippen molar-refractivity contribution in [1.29, 1.82) is 0 Å². The number of carbonyl (C=O) groups excluding carboxylic acids is 1. The molecule has 1 aliphatic rings. The Hall–Kier alpha value is -1.86. The van der Waals surface area contributed by atoms with Crippen LogP contribution in [0.15, 0.2) is 35.2 Å². The lowest BCUT2D eigenvalue weighted by Crippen LogP contribution is -2.23. The third-order valence-corrected chi connectivity index (χ3v) is 5.60. The van der Waals surface area contributed by atoms with Crippen molar-refractivity contribution in [3.8, 4) is 5.75 Å². The Bertz CT molecular complexity index is 711. The molecule has 2 rings (SSSR count). The molecule has 0 radical (unpaired) electrons. The summed E-state index contributed by atoms with van der Waals surface area (Å²) in [4.78, 5) is 12.1. The summed E-state index contributed by atoms with van der Waals surface area (Å²) in [5.41, 5.74) is 0.443. The molecule has 23 heavy (non-hydrogen) atoms. The van der Waals surface area contributed by atoms with Gasteiger partial charge in [-0.1, -0.05) is 12.2 Å². The summed E-state index contributed by atoms with van der Waals surface area (Å²) in [6.07, 6.45) is 6.52. The van der Waals surface area contributed by atoms with Crippen LogP contribution in [0.5, 0.6) is 5.75 Å². The largest absolute Gasteiger partial charge is 0.495 e. The van der Waals surface area contributed by atoms with Crippen LogP contribution in [0.2, 0.25) is 0 Å². The minimum absolute atomic E-state index is 0.0311. The van der Waals surface area contributed by atoms with Crippen LogP contribution >= 0.6 is 0 Å². The molecule has 0 bridgehead atoms. The molecule has 1 atom stereocenters. The third-order valence-electron chi connectivity index (χ3n) is 3.77. The maximum atomic E-state index is 12.4. The number of amides is 1. The molecule has 1 aliphatic carbocycles. The van der Waals surface area contributed by atoms with Crippen molar-refractivity contribution in [2.75, 3.05) is 26.5 Å². The number of anilines is 1. The van der Waals surface area contributed by atoms with Crippen LogP contribution in [0.4, 0.5) is 5.69 Å². The van der Waals surface area contributed by atoms with E-state index in [4.69, 9.17) is 4.74 Å². The summed E-state index contributed by atoms with van der Waals surface area (Å²) >= 11 is 0. The van der Waals surface area contributed by atoms with Crippen LogP contribution in [-0.4, -0.2) is 39.8 Å². The highest BCUT2D eigenvalue weighted by Gasteiger charge is 2.23. The molecular formula is C16H22N2O4S. The van der Waals surface area contributed by atoms with E-state index in [1.807, 2.05) is 0 Å². The van der Waals surface area contributed by atoms with Gasteiger partial charge < -0.3 is 10.1 Å². The lowest BCUT2D eigenvalue weighted by Gasteiger charge is -2.16. The monoisotopic (exact) mass is 338 g/mol. The van der Waals surface area contributed by atoms with Crippen LogP contribution in [0.3, 0.4) is 0 Å². The van der Waals surface area contributed by atoms with Gasteiger partial charge in [0.1, 0.15) is 10.6 Å². The lowest BCUT2D eigenvalue weighted by molar-refractivity contribution is -0.116. The maximum Gasteiger partial charge on any atom is 0.246 e. The summed E-state index contributed by atoms with van der Waals surface area (Å²) in [6.45, 7) is 0. The van der Waals surface area contributed by atoms with Gasteiger partial charge in [0.2, 0.25) is 15.9 Å². The Balaban J connectivity index is 2.20. The number of rotatable bonds is 6. The second-order valence-electron chi connectivity index (χ2n) is 5.67. The molecule has 126 valence electrons. The number of nitrogens with zero attached hydrogens (tertiary/aromatic N) is 1. The minimum atomic E-state index is -3.65. The highest BCUT2D eigenvalue weighted by atomic mass is 32.2. The first-order chi connectivity index (χ1) is 10.8. The van der Waals surface area contributed by atoms with Crippen LogP contribution in [0, 0.1) is 5.92 Å². The molecule has 7 heteroatoms. The zero-order valence-corrected chi connectivity index (χ0v) is 14.4.